The number of rotatable bonds is 9. The van der Waals surface area contributed by atoms with E-state index < -0.39 is 11.6 Å². The van der Waals surface area contributed by atoms with Gasteiger partial charge >= 0.3 is 5.97 Å². The molecule has 1 saturated heterocycles. The fourth-order valence-corrected chi connectivity index (χ4v) is 5.03. The van der Waals surface area contributed by atoms with E-state index in [4.69, 9.17) is 14.2 Å². The molecule has 2 aliphatic rings. The summed E-state index contributed by atoms with van der Waals surface area (Å²) >= 11 is 0. The van der Waals surface area contributed by atoms with Gasteiger partial charge in [-0.1, -0.05) is 12.2 Å². The average molecular weight is 515 g/mol. The van der Waals surface area contributed by atoms with Gasteiger partial charge in [0.15, 0.2) is 6.61 Å². The van der Waals surface area contributed by atoms with Gasteiger partial charge in [0.05, 0.1) is 25.8 Å². The first kappa shape index (κ1) is 26.6. The zero-order valence-electron chi connectivity index (χ0n) is 21.1. The van der Waals surface area contributed by atoms with Gasteiger partial charge in [0.1, 0.15) is 23.1 Å². The van der Waals surface area contributed by atoms with E-state index in [9.17, 15) is 18.4 Å². The number of fused-ring (bicyclic) bond motifs is 1. The lowest BCUT2D eigenvalue weighted by atomic mass is 9.82. The maximum Gasteiger partial charge on any atom is 0.310 e. The fraction of sp³-hybridized carbons (Fsp3) is 0.429. The smallest absolute Gasteiger partial charge is 0.310 e. The standard InChI is InChI=1S/C28H32F2N2O5/c1-35-22-8-10-26-25(16-22)32(27(33)18-37-26)13-4-5-19-11-14-31(17-23(19)28(34)36-2)12-3-6-20-15-21(29)7-9-24(20)30/h3,6-10,15-16,19,23H,4-5,11-14,17-18H2,1-2H3/t19-,23+/m1/s1. The van der Waals surface area contributed by atoms with Gasteiger partial charge in [0, 0.05) is 31.3 Å². The highest BCUT2D eigenvalue weighted by Crippen LogP contribution is 2.36. The number of ether oxygens (including phenoxy) is 3. The van der Waals surface area contributed by atoms with Crippen molar-refractivity contribution < 1.29 is 32.6 Å². The number of amides is 1. The van der Waals surface area contributed by atoms with Gasteiger partial charge in [-0.25, -0.2) is 8.78 Å². The van der Waals surface area contributed by atoms with E-state index in [2.05, 4.69) is 4.90 Å². The zero-order chi connectivity index (χ0) is 26.4. The maximum atomic E-state index is 13.9. The zero-order valence-corrected chi connectivity index (χ0v) is 21.1. The predicted molar refractivity (Wildman–Crippen MR) is 136 cm³/mol. The quantitative estimate of drug-likeness (QED) is 0.465. The van der Waals surface area contributed by atoms with Crippen LogP contribution in [0.2, 0.25) is 0 Å². The van der Waals surface area contributed by atoms with Crippen molar-refractivity contribution in [1.82, 2.24) is 4.90 Å². The molecule has 2 aromatic carbocycles. The molecule has 2 heterocycles. The van der Waals surface area contributed by atoms with Crippen molar-refractivity contribution in [3.63, 3.8) is 0 Å². The van der Waals surface area contributed by atoms with Crippen LogP contribution in [0.4, 0.5) is 14.5 Å². The third kappa shape index (κ3) is 6.46. The second-order valence-electron chi connectivity index (χ2n) is 9.32. The summed E-state index contributed by atoms with van der Waals surface area (Å²) in [6.07, 6.45) is 5.62. The number of anilines is 1. The molecule has 9 heteroatoms. The van der Waals surface area contributed by atoms with E-state index in [1.54, 1.807) is 42.4 Å². The number of carbonyl (C=O) groups excluding carboxylic acids is 2. The fourth-order valence-electron chi connectivity index (χ4n) is 5.03. The molecule has 0 N–H and O–H groups in total. The topological polar surface area (TPSA) is 68.3 Å². The molecular formula is C28H32F2N2O5. The van der Waals surface area contributed by atoms with Crippen LogP contribution in [0.3, 0.4) is 0 Å². The Labute approximate surface area is 215 Å². The highest BCUT2D eigenvalue weighted by molar-refractivity contribution is 5.98. The van der Waals surface area contributed by atoms with Crippen molar-refractivity contribution in [3.8, 4) is 11.5 Å². The number of nitrogens with zero attached hydrogens (tertiary/aromatic N) is 2. The molecule has 0 aliphatic carbocycles. The lowest BCUT2D eigenvalue weighted by Gasteiger charge is -2.37. The van der Waals surface area contributed by atoms with Gasteiger partial charge in [0.2, 0.25) is 0 Å². The summed E-state index contributed by atoms with van der Waals surface area (Å²) in [5.74, 6) is -0.228. The molecule has 198 valence electrons. The summed E-state index contributed by atoms with van der Waals surface area (Å²) in [6, 6.07) is 8.74. The van der Waals surface area contributed by atoms with Crippen LogP contribution in [0, 0.1) is 23.5 Å². The lowest BCUT2D eigenvalue weighted by molar-refractivity contribution is -0.149. The normalized spacial score (nSPS) is 20.0. The molecule has 1 amide bonds. The van der Waals surface area contributed by atoms with Crippen molar-refractivity contribution in [2.75, 3.05) is 51.9 Å². The number of likely N-dealkylation sites (tertiary alicyclic amines) is 1. The Morgan fingerprint density at radius 2 is 2.03 bits per heavy atom. The van der Waals surface area contributed by atoms with Crippen LogP contribution < -0.4 is 14.4 Å². The third-order valence-corrected chi connectivity index (χ3v) is 7.03. The highest BCUT2D eigenvalue weighted by atomic mass is 19.1. The molecule has 2 aliphatic heterocycles. The monoisotopic (exact) mass is 514 g/mol. The minimum absolute atomic E-state index is 0.00442. The highest BCUT2D eigenvalue weighted by Gasteiger charge is 2.35. The molecule has 0 aromatic heterocycles. The largest absolute Gasteiger partial charge is 0.497 e. The average Bonchev–Trinajstić information content (AvgIpc) is 2.91. The number of carbonyl (C=O) groups is 2. The van der Waals surface area contributed by atoms with Gasteiger partial charge < -0.3 is 19.1 Å². The van der Waals surface area contributed by atoms with Crippen LogP contribution in [-0.2, 0) is 14.3 Å². The van der Waals surface area contributed by atoms with Crippen LogP contribution >= 0.6 is 0 Å². The number of piperidine rings is 1. The van der Waals surface area contributed by atoms with Crippen molar-refractivity contribution in [2.45, 2.75) is 19.3 Å². The molecule has 0 unspecified atom stereocenters. The summed E-state index contributed by atoms with van der Waals surface area (Å²) in [5, 5.41) is 0. The maximum absolute atomic E-state index is 13.9. The first-order valence-electron chi connectivity index (χ1n) is 12.4. The molecule has 0 spiro atoms. The Morgan fingerprint density at radius 3 is 2.81 bits per heavy atom. The second kappa shape index (κ2) is 12.2. The van der Waals surface area contributed by atoms with Crippen molar-refractivity contribution in [3.05, 3.63) is 59.7 Å². The lowest BCUT2D eigenvalue weighted by Crippen LogP contribution is -2.44. The molecule has 4 rings (SSSR count). The number of halogens is 2. The van der Waals surface area contributed by atoms with Crippen molar-refractivity contribution in [2.24, 2.45) is 11.8 Å². The summed E-state index contributed by atoms with van der Waals surface area (Å²) in [6.45, 7) is 2.31. The van der Waals surface area contributed by atoms with Crippen LogP contribution in [0.25, 0.3) is 6.08 Å². The molecule has 0 radical (unpaired) electrons. The second-order valence-corrected chi connectivity index (χ2v) is 9.32. The third-order valence-electron chi connectivity index (χ3n) is 7.03. The first-order valence-corrected chi connectivity index (χ1v) is 12.4. The number of methoxy groups -OCH3 is 2. The molecule has 7 nitrogen and oxygen atoms in total. The molecular weight excluding hydrogens is 482 g/mol. The van der Waals surface area contributed by atoms with E-state index in [1.807, 2.05) is 0 Å². The van der Waals surface area contributed by atoms with Gasteiger partial charge in [-0.2, -0.15) is 0 Å². The molecule has 2 aromatic rings. The van der Waals surface area contributed by atoms with E-state index in [1.165, 1.54) is 7.11 Å². The Hall–Kier alpha value is -3.46. The molecule has 1 fully saturated rings. The summed E-state index contributed by atoms with van der Waals surface area (Å²) in [7, 11) is 2.97. The number of benzene rings is 2. The molecule has 2 atom stereocenters. The minimum Gasteiger partial charge on any atom is -0.497 e. The summed E-state index contributed by atoms with van der Waals surface area (Å²) in [5.41, 5.74) is 0.882. The predicted octanol–water partition coefficient (Wildman–Crippen LogP) is 4.30. The van der Waals surface area contributed by atoms with E-state index in [0.29, 0.717) is 36.8 Å². The van der Waals surface area contributed by atoms with Gasteiger partial charge in [0.25, 0.3) is 5.91 Å². The minimum atomic E-state index is -0.492. The van der Waals surface area contributed by atoms with Crippen molar-refractivity contribution >= 4 is 23.6 Å². The first-order chi connectivity index (χ1) is 17.9. The van der Waals surface area contributed by atoms with Gasteiger partial charge in [-0.3, -0.25) is 14.5 Å². The molecule has 0 saturated carbocycles. The number of hydrogen-bond donors (Lipinski definition) is 0. The van der Waals surface area contributed by atoms with Crippen LogP contribution in [0.15, 0.2) is 42.5 Å². The molecule has 37 heavy (non-hydrogen) atoms. The molecule has 0 bridgehead atoms. The van der Waals surface area contributed by atoms with Gasteiger partial charge in [-0.05, 0) is 62.1 Å². The summed E-state index contributed by atoms with van der Waals surface area (Å²) < 4.78 is 43.2. The Morgan fingerprint density at radius 1 is 1.19 bits per heavy atom. The SMILES string of the molecule is COC(=O)[C@H]1CN(CC=Cc2cc(F)ccc2F)CC[C@H]1CCCN1C(=O)COc2ccc(OC)cc21. The van der Waals surface area contributed by atoms with Crippen LogP contribution in [0.1, 0.15) is 24.8 Å². The summed E-state index contributed by atoms with van der Waals surface area (Å²) in [4.78, 5) is 29.0. The van der Waals surface area contributed by atoms with E-state index in [0.717, 1.165) is 44.0 Å². The van der Waals surface area contributed by atoms with Gasteiger partial charge in [-0.15, -0.1) is 0 Å². The Kier molecular flexibility index (Phi) is 8.76. The van der Waals surface area contributed by atoms with E-state index >= 15 is 0 Å². The Bertz CT molecular complexity index is 1160. The van der Waals surface area contributed by atoms with Crippen molar-refractivity contribution in [1.29, 1.82) is 0 Å². The van der Waals surface area contributed by atoms with Crippen LogP contribution in [0.5, 0.6) is 11.5 Å². The Balaban J connectivity index is 1.35. The van der Waals surface area contributed by atoms with E-state index in [-0.39, 0.29) is 35.9 Å². The number of hydrogen-bond acceptors (Lipinski definition) is 6. The van der Waals surface area contributed by atoms with Crippen LogP contribution in [-0.4, -0.2) is 63.8 Å². The number of esters is 1.